The van der Waals surface area contributed by atoms with Gasteiger partial charge in [-0.15, -0.1) is 0 Å². The zero-order valence-corrected chi connectivity index (χ0v) is 42.2. The van der Waals surface area contributed by atoms with Crippen molar-refractivity contribution in [2.45, 2.75) is 180 Å². The first-order chi connectivity index (χ1) is 32.1. The Labute approximate surface area is 402 Å². The van der Waals surface area contributed by atoms with Gasteiger partial charge in [-0.3, -0.25) is 23.9 Å². The Morgan fingerprint density at radius 2 is 1.78 bits per heavy atom. The summed E-state index contributed by atoms with van der Waals surface area (Å²) in [5.41, 5.74) is 1.37. The molecule has 5 amide bonds. The highest BCUT2D eigenvalue weighted by atomic mass is 32.2. The molecule has 3 N–H and O–H groups in total. The molecule has 2 saturated heterocycles. The lowest BCUT2D eigenvalue weighted by atomic mass is 9.86. The molecular weight excluding hydrogens is 889 g/mol. The second-order valence-corrected chi connectivity index (χ2v) is 24.0. The van der Waals surface area contributed by atoms with Crippen LogP contribution in [0.2, 0.25) is 0 Å². The van der Waals surface area contributed by atoms with E-state index in [4.69, 9.17) is 19.2 Å². The molecule has 17 heteroatoms. The topological polar surface area (TPSA) is 203 Å². The Balaban J connectivity index is 1.18. The molecule has 5 aliphatic rings. The number of likely N-dealkylation sites (tertiary alicyclic amines) is 1. The quantitative estimate of drug-likeness (QED) is 0.215. The average molecular weight is 963 g/mol. The molecule has 5 unspecified atom stereocenters. The number of nitrogens with one attached hydrogen (secondary N) is 3. The van der Waals surface area contributed by atoms with Crippen LogP contribution in [0.4, 0.5) is 4.79 Å². The summed E-state index contributed by atoms with van der Waals surface area (Å²) in [7, 11) is -4.03. The van der Waals surface area contributed by atoms with Gasteiger partial charge in [0.15, 0.2) is 0 Å². The number of fused-ring (bicyclic) bond motifs is 4. The normalized spacial score (nSPS) is 26.0. The second-order valence-electron chi connectivity index (χ2n) is 21.8. The fraction of sp³-hybridized carbons (Fsp3) is 0.686. The lowest BCUT2D eigenvalue weighted by Gasteiger charge is -2.37. The van der Waals surface area contributed by atoms with E-state index in [-0.39, 0.29) is 42.9 Å². The SMILES string of the molecule is CCc1nc2ccc(OC3CCN(C(=O)CC(C)(C)C)CC3)cc2c2c1OC1(CC2)CC2C(=O)NC(C(=O)NS(=O)(=O)C3(C)CC3)C(C)C=CCCCCCC(NC(=O)OCC(C)C)C(=O)N2C1. The minimum atomic E-state index is -4.03. The summed E-state index contributed by atoms with van der Waals surface area (Å²) >= 11 is 0. The van der Waals surface area contributed by atoms with Crippen LogP contribution < -0.4 is 24.8 Å². The largest absolute Gasteiger partial charge is 0.490 e. The van der Waals surface area contributed by atoms with E-state index in [2.05, 4.69) is 36.1 Å². The molecule has 3 fully saturated rings. The van der Waals surface area contributed by atoms with E-state index in [1.165, 1.54) is 4.90 Å². The molecule has 374 valence electrons. The lowest BCUT2D eigenvalue weighted by molar-refractivity contribution is -0.141. The predicted octanol–water partition coefficient (Wildman–Crippen LogP) is 6.66. The molecule has 1 spiro atoms. The van der Waals surface area contributed by atoms with E-state index in [0.717, 1.165) is 47.8 Å². The van der Waals surface area contributed by atoms with Gasteiger partial charge >= 0.3 is 6.09 Å². The summed E-state index contributed by atoms with van der Waals surface area (Å²) in [5, 5.41) is 6.58. The third-order valence-electron chi connectivity index (χ3n) is 14.2. The van der Waals surface area contributed by atoms with Crippen molar-refractivity contribution in [1.29, 1.82) is 0 Å². The molecule has 16 nitrogen and oxygen atoms in total. The first kappa shape index (κ1) is 50.9. The number of nitrogens with zero attached hydrogens (tertiary/aromatic N) is 3. The monoisotopic (exact) mass is 963 g/mol. The Bertz CT molecular complexity index is 2370. The van der Waals surface area contributed by atoms with Gasteiger partial charge < -0.3 is 34.6 Å². The number of hydrogen-bond donors (Lipinski definition) is 3. The maximum Gasteiger partial charge on any atom is 0.407 e. The number of piperidine rings is 1. The van der Waals surface area contributed by atoms with Crippen LogP contribution in [-0.4, -0.2) is 114 Å². The zero-order valence-electron chi connectivity index (χ0n) is 41.4. The summed E-state index contributed by atoms with van der Waals surface area (Å²) in [6.07, 6.45) is 10.5. The van der Waals surface area contributed by atoms with E-state index in [9.17, 15) is 32.4 Å². The minimum absolute atomic E-state index is 0.0168. The molecule has 1 aromatic heterocycles. The van der Waals surface area contributed by atoms with Crippen molar-refractivity contribution >= 4 is 50.6 Å². The number of carbonyl (C=O) groups is 5. The number of hydrogen-bond acceptors (Lipinski definition) is 11. The van der Waals surface area contributed by atoms with Gasteiger partial charge in [0.1, 0.15) is 41.3 Å². The van der Waals surface area contributed by atoms with Crippen molar-refractivity contribution in [3.05, 3.63) is 41.6 Å². The molecular formula is C51H74N6O10S. The Hall–Kier alpha value is -4.93. The Kier molecular flexibility index (Phi) is 15.4. The van der Waals surface area contributed by atoms with Crippen LogP contribution in [0.3, 0.4) is 0 Å². The molecule has 68 heavy (non-hydrogen) atoms. The summed E-state index contributed by atoms with van der Waals surface area (Å²) in [5.74, 6) is -0.993. The van der Waals surface area contributed by atoms with Gasteiger partial charge in [0.05, 0.1) is 29.1 Å². The van der Waals surface area contributed by atoms with Crippen LogP contribution in [-0.2, 0) is 46.8 Å². The molecule has 4 aliphatic heterocycles. The van der Waals surface area contributed by atoms with Crippen LogP contribution in [0.1, 0.15) is 144 Å². The molecule has 1 aliphatic carbocycles. The highest BCUT2D eigenvalue weighted by Crippen LogP contribution is 2.46. The van der Waals surface area contributed by atoms with Crippen LogP contribution >= 0.6 is 0 Å². The summed E-state index contributed by atoms with van der Waals surface area (Å²) in [6, 6.07) is 2.49. The molecule has 0 bridgehead atoms. The van der Waals surface area contributed by atoms with E-state index >= 15 is 0 Å². The number of aromatic nitrogens is 1. The van der Waals surface area contributed by atoms with Gasteiger partial charge in [-0.25, -0.2) is 18.2 Å². The highest BCUT2D eigenvalue weighted by Gasteiger charge is 2.55. The summed E-state index contributed by atoms with van der Waals surface area (Å²) < 4.78 is 46.9. The smallest absolute Gasteiger partial charge is 0.407 e. The van der Waals surface area contributed by atoms with Crippen LogP contribution in [0.25, 0.3) is 10.9 Å². The standard InChI is InChI=1S/C51H74N6O10S/c1-9-38-44-36(37-27-35(17-18-39(37)52-38)66-34-20-25-56(26-21-34)42(58)29-49(5,6)7)19-22-51(67-44)28-41-45(59)54-43(46(60)55-68(63,64)50(8)23-24-50)33(4)15-13-11-10-12-14-16-40(47(61)57(41)31-51)53-48(62)65-30-32(2)3/h13,15,17-18,27,32-34,40-41,43H,9-12,14,16,19-26,28-31H2,1-8H3,(H,53,62)(H,54,59)(H,55,60). The number of alkyl carbamates (subject to hydrolysis) is 1. The predicted molar refractivity (Wildman–Crippen MR) is 258 cm³/mol. The van der Waals surface area contributed by atoms with Crippen LogP contribution in [0.5, 0.6) is 11.5 Å². The molecule has 0 radical (unpaired) electrons. The number of amides is 5. The summed E-state index contributed by atoms with van der Waals surface area (Å²) in [4.78, 5) is 78.3. The molecule has 1 saturated carbocycles. The first-order valence-corrected chi connectivity index (χ1v) is 26.4. The molecule has 5 heterocycles. The second kappa shape index (κ2) is 20.6. The molecule has 7 rings (SSSR count). The van der Waals surface area contributed by atoms with Gasteiger partial charge in [-0.1, -0.05) is 73.5 Å². The van der Waals surface area contributed by atoms with Crippen molar-refractivity contribution in [3.63, 3.8) is 0 Å². The van der Waals surface area contributed by atoms with Crippen molar-refractivity contribution in [1.82, 2.24) is 30.1 Å². The number of carbonyl (C=O) groups excluding carboxylic acids is 5. The van der Waals surface area contributed by atoms with E-state index in [1.54, 1.807) is 13.8 Å². The van der Waals surface area contributed by atoms with E-state index in [0.29, 0.717) is 82.4 Å². The summed E-state index contributed by atoms with van der Waals surface area (Å²) in [6.45, 7) is 16.9. The van der Waals surface area contributed by atoms with Crippen LogP contribution in [0.15, 0.2) is 30.4 Å². The van der Waals surface area contributed by atoms with Crippen LogP contribution in [0, 0.1) is 17.3 Å². The number of sulfonamides is 1. The van der Waals surface area contributed by atoms with Gasteiger partial charge in [-0.2, -0.15) is 0 Å². The van der Waals surface area contributed by atoms with E-state index < -0.39 is 68.2 Å². The number of pyridine rings is 1. The van der Waals surface area contributed by atoms with Crippen molar-refractivity contribution in [3.8, 4) is 11.5 Å². The first-order valence-electron chi connectivity index (χ1n) is 25.0. The zero-order chi connectivity index (χ0) is 49.2. The molecule has 1 aromatic carbocycles. The fourth-order valence-electron chi connectivity index (χ4n) is 9.84. The molecule has 2 aromatic rings. The average Bonchev–Trinajstić information content (AvgIpc) is 3.95. The fourth-order valence-corrected chi connectivity index (χ4v) is 11.1. The van der Waals surface area contributed by atoms with Gasteiger partial charge in [0, 0.05) is 55.6 Å². The van der Waals surface area contributed by atoms with Gasteiger partial charge in [-0.05, 0) is 87.8 Å². The lowest BCUT2D eigenvalue weighted by Crippen LogP contribution is -2.58. The third kappa shape index (κ3) is 11.9. The Morgan fingerprint density at radius 1 is 1.04 bits per heavy atom. The van der Waals surface area contributed by atoms with Crippen molar-refractivity contribution < 1.29 is 46.6 Å². The van der Waals surface area contributed by atoms with Crippen molar-refractivity contribution in [2.24, 2.45) is 17.3 Å². The minimum Gasteiger partial charge on any atom is -0.490 e. The Morgan fingerprint density at radius 3 is 2.46 bits per heavy atom. The molecule has 5 atom stereocenters. The van der Waals surface area contributed by atoms with Gasteiger partial charge in [0.2, 0.25) is 27.7 Å². The number of benzene rings is 1. The highest BCUT2D eigenvalue weighted by molar-refractivity contribution is 7.91. The third-order valence-corrected chi connectivity index (χ3v) is 16.4. The van der Waals surface area contributed by atoms with Crippen molar-refractivity contribution in [2.75, 3.05) is 26.2 Å². The maximum atomic E-state index is 14.9. The van der Waals surface area contributed by atoms with E-state index in [1.807, 2.05) is 56.0 Å². The number of ether oxygens (including phenoxy) is 3. The maximum absolute atomic E-state index is 14.9. The number of aryl methyl sites for hydroxylation is 2. The van der Waals surface area contributed by atoms with Gasteiger partial charge in [0.25, 0.3) is 5.91 Å². The number of rotatable bonds is 10. The number of allylic oxidation sites excluding steroid dienone is 1.